The summed E-state index contributed by atoms with van der Waals surface area (Å²) >= 11 is 0. The van der Waals surface area contributed by atoms with Gasteiger partial charge in [0.05, 0.1) is 0 Å². The van der Waals surface area contributed by atoms with E-state index in [1.54, 1.807) is 0 Å². The number of benzene rings is 3. The molecule has 0 bridgehead atoms. The van der Waals surface area contributed by atoms with Gasteiger partial charge in [-0.2, -0.15) is 0 Å². The van der Waals surface area contributed by atoms with E-state index in [9.17, 15) is 0 Å². The summed E-state index contributed by atoms with van der Waals surface area (Å²) < 4.78 is 6.27. The van der Waals surface area contributed by atoms with Crippen molar-refractivity contribution in [2.45, 2.75) is 39.2 Å². The van der Waals surface area contributed by atoms with E-state index < -0.39 is 0 Å². The maximum absolute atomic E-state index is 6.27. The Kier molecular flexibility index (Phi) is 4.96. The lowest BCUT2D eigenvalue weighted by Gasteiger charge is -2.42. The number of rotatable bonds is 4. The van der Waals surface area contributed by atoms with Gasteiger partial charge < -0.3 is 10.1 Å². The van der Waals surface area contributed by atoms with Crippen molar-refractivity contribution >= 4 is 11.4 Å². The summed E-state index contributed by atoms with van der Waals surface area (Å²) in [7, 11) is 0. The minimum atomic E-state index is -0.152. The van der Waals surface area contributed by atoms with Crippen LogP contribution in [0.15, 0.2) is 79.4 Å². The molecule has 0 aliphatic carbocycles. The van der Waals surface area contributed by atoms with Gasteiger partial charge in [0.15, 0.2) is 0 Å². The topological polar surface area (TPSA) is 21.3 Å². The highest BCUT2D eigenvalue weighted by molar-refractivity contribution is 5.78. The Morgan fingerprint density at radius 2 is 1.62 bits per heavy atom. The molecule has 1 aliphatic rings. The fourth-order valence-corrected chi connectivity index (χ4v) is 4.09. The molecule has 3 aromatic carbocycles. The van der Waals surface area contributed by atoms with E-state index in [1.807, 2.05) is 6.07 Å². The summed E-state index contributed by atoms with van der Waals surface area (Å²) in [6.45, 7) is 13.2. The molecule has 0 fully saturated rings. The van der Waals surface area contributed by atoms with Crippen LogP contribution in [0.2, 0.25) is 0 Å². The van der Waals surface area contributed by atoms with Crippen LogP contribution in [0, 0.1) is 5.92 Å². The van der Waals surface area contributed by atoms with Gasteiger partial charge in [-0.1, -0.05) is 62.9 Å². The Balaban J connectivity index is 1.57. The molecular weight excluding hydrogens is 354 g/mol. The number of hydrogen-bond acceptors (Lipinski definition) is 2. The molecule has 0 saturated carbocycles. The molecule has 1 aliphatic heterocycles. The first-order valence-corrected chi connectivity index (χ1v) is 10.3. The van der Waals surface area contributed by atoms with Crippen molar-refractivity contribution < 1.29 is 4.74 Å². The fourth-order valence-electron chi connectivity index (χ4n) is 4.09. The maximum atomic E-state index is 6.27. The van der Waals surface area contributed by atoms with E-state index in [2.05, 4.69) is 106 Å². The third-order valence-corrected chi connectivity index (χ3v) is 6.33. The molecule has 1 unspecified atom stereocenters. The molecule has 2 heteroatoms. The summed E-state index contributed by atoms with van der Waals surface area (Å²) in [6, 6.07) is 25.3. The monoisotopic (exact) mass is 383 g/mol. The van der Waals surface area contributed by atoms with Crippen molar-refractivity contribution in [2.75, 3.05) is 5.32 Å². The van der Waals surface area contributed by atoms with Gasteiger partial charge in [-0.25, -0.2) is 0 Å². The lowest BCUT2D eigenvalue weighted by molar-refractivity contribution is 0.0223. The zero-order valence-corrected chi connectivity index (χ0v) is 17.7. The van der Waals surface area contributed by atoms with E-state index in [-0.39, 0.29) is 5.60 Å². The smallest absolute Gasteiger partial charge is 0.123 e. The second-order valence-corrected chi connectivity index (χ2v) is 8.59. The minimum Gasteiger partial charge on any atom is -0.487 e. The highest BCUT2D eigenvalue weighted by Crippen LogP contribution is 2.45. The SMILES string of the molecule is C=C(Nc1cccc(-c2ccccc2)c1)c1ccc2c(c1)C(C)[C@H](C)C(C)(C)O2. The van der Waals surface area contributed by atoms with Gasteiger partial charge in [0, 0.05) is 17.3 Å². The largest absolute Gasteiger partial charge is 0.487 e. The lowest BCUT2D eigenvalue weighted by atomic mass is 9.76. The Labute approximate surface area is 174 Å². The lowest BCUT2D eigenvalue weighted by Crippen LogP contribution is -2.42. The molecule has 148 valence electrons. The first kappa shape index (κ1) is 19.3. The second kappa shape index (κ2) is 7.44. The molecule has 0 saturated heterocycles. The minimum absolute atomic E-state index is 0.152. The highest BCUT2D eigenvalue weighted by atomic mass is 16.5. The van der Waals surface area contributed by atoms with E-state index in [0.717, 1.165) is 22.7 Å². The Morgan fingerprint density at radius 1 is 0.897 bits per heavy atom. The molecule has 0 amide bonds. The standard InChI is InChI=1S/C27H29NO/c1-18-19(2)27(4,5)29-26-15-14-22(17-25(18)26)20(3)28-24-13-9-12-23(16-24)21-10-7-6-8-11-21/h6-19,28H,3H2,1-2,4-5H3/t18?,19-/m0/s1. The first-order chi connectivity index (χ1) is 13.8. The van der Waals surface area contributed by atoms with Gasteiger partial charge in [-0.15, -0.1) is 0 Å². The summed E-state index contributed by atoms with van der Waals surface area (Å²) in [5.41, 5.74) is 6.52. The Morgan fingerprint density at radius 3 is 2.38 bits per heavy atom. The Hall–Kier alpha value is -3.00. The van der Waals surface area contributed by atoms with Crippen LogP contribution in [0.1, 0.15) is 44.7 Å². The van der Waals surface area contributed by atoms with Crippen molar-refractivity contribution in [1.29, 1.82) is 0 Å². The summed E-state index contributed by atoms with van der Waals surface area (Å²) in [5.74, 6) is 1.86. The number of nitrogens with one attached hydrogen (secondary N) is 1. The molecule has 2 atom stereocenters. The third kappa shape index (κ3) is 3.80. The molecule has 1 heterocycles. The molecule has 3 aromatic rings. The highest BCUT2D eigenvalue weighted by Gasteiger charge is 2.38. The summed E-state index contributed by atoms with van der Waals surface area (Å²) in [4.78, 5) is 0. The fraction of sp³-hybridized carbons (Fsp3) is 0.259. The van der Waals surface area contributed by atoms with E-state index in [0.29, 0.717) is 11.8 Å². The van der Waals surface area contributed by atoms with Gasteiger partial charge >= 0.3 is 0 Å². The van der Waals surface area contributed by atoms with Crippen LogP contribution >= 0.6 is 0 Å². The molecule has 29 heavy (non-hydrogen) atoms. The van der Waals surface area contributed by atoms with Crippen molar-refractivity contribution in [3.63, 3.8) is 0 Å². The zero-order valence-electron chi connectivity index (χ0n) is 17.7. The van der Waals surface area contributed by atoms with Gasteiger partial charge in [0.25, 0.3) is 0 Å². The summed E-state index contributed by atoms with van der Waals surface area (Å²) in [5, 5.41) is 3.48. The van der Waals surface area contributed by atoms with Gasteiger partial charge in [0.1, 0.15) is 11.4 Å². The van der Waals surface area contributed by atoms with Crippen LogP contribution in [-0.4, -0.2) is 5.60 Å². The predicted molar refractivity (Wildman–Crippen MR) is 123 cm³/mol. The van der Waals surface area contributed by atoms with Crippen LogP contribution in [0.3, 0.4) is 0 Å². The van der Waals surface area contributed by atoms with Crippen LogP contribution in [0.5, 0.6) is 5.75 Å². The quantitative estimate of drug-likeness (QED) is 0.508. The van der Waals surface area contributed by atoms with Gasteiger partial charge in [-0.05, 0) is 72.4 Å². The predicted octanol–water partition coefficient (Wildman–Crippen LogP) is 7.35. The second-order valence-electron chi connectivity index (χ2n) is 8.59. The van der Waals surface area contributed by atoms with E-state index in [4.69, 9.17) is 4.74 Å². The molecular formula is C27H29NO. The average molecular weight is 384 g/mol. The van der Waals surface area contributed by atoms with Gasteiger partial charge in [-0.3, -0.25) is 0 Å². The van der Waals surface area contributed by atoms with Crippen molar-refractivity contribution in [3.05, 3.63) is 90.5 Å². The van der Waals surface area contributed by atoms with E-state index in [1.165, 1.54) is 16.7 Å². The Bertz CT molecular complexity index is 1040. The van der Waals surface area contributed by atoms with Crippen molar-refractivity contribution in [1.82, 2.24) is 0 Å². The average Bonchev–Trinajstić information content (AvgIpc) is 2.72. The third-order valence-electron chi connectivity index (χ3n) is 6.33. The molecule has 1 N–H and O–H groups in total. The zero-order chi connectivity index (χ0) is 20.6. The normalized spacial score (nSPS) is 19.7. The molecule has 2 nitrogen and oxygen atoms in total. The molecule has 4 rings (SSSR count). The number of hydrogen-bond donors (Lipinski definition) is 1. The van der Waals surface area contributed by atoms with Crippen LogP contribution < -0.4 is 10.1 Å². The maximum Gasteiger partial charge on any atom is 0.123 e. The van der Waals surface area contributed by atoms with Crippen molar-refractivity contribution in [3.8, 4) is 16.9 Å². The first-order valence-electron chi connectivity index (χ1n) is 10.3. The summed E-state index contributed by atoms with van der Waals surface area (Å²) in [6.07, 6.45) is 0. The number of fused-ring (bicyclic) bond motifs is 1. The van der Waals surface area contributed by atoms with Crippen LogP contribution in [-0.2, 0) is 0 Å². The molecule has 0 spiro atoms. The van der Waals surface area contributed by atoms with Crippen LogP contribution in [0.4, 0.5) is 5.69 Å². The van der Waals surface area contributed by atoms with Gasteiger partial charge in [0.2, 0.25) is 0 Å². The number of anilines is 1. The van der Waals surface area contributed by atoms with Crippen LogP contribution in [0.25, 0.3) is 16.8 Å². The molecule has 0 radical (unpaired) electrons. The number of ether oxygens (including phenoxy) is 1. The van der Waals surface area contributed by atoms with Crippen molar-refractivity contribution in [2.24, 2.45) is 5.92 Å². The molecule has 0 aromatic heterocycles. The van der Waals surface area contributed by atoms with E-state index >= 15 is 0 Å².